The number of ether oxygens (including phenoxy) is 1. The minimum absolute atomic E-state index is 0.0592. The smallest absolute Gasteiger partial charge is 0.327 e. The summed E-state index contributed by atoms with van der Waals surface area (Å²) in [4.78, 5) is 29.3. The van der Waals surface area contributed by atoms with Crippen molar-refractivity contribution < 1.29 is 19.4 Å². The van der Waals surface area contributed by atoms with Gasteiger partial charge < -0.3 is 9.84 Å². The highest BCUT2D eigenvalue weighted by atomic mass is 79.9. The normalized spacial score (nSPS) is 24.7. The van der Waals surface area contributed by atoms with Gasteiger partial charge in [-0.05, 0) is 68.1 Å². The molecule has 1 N–H and O–H groups in total. The first-order valence-electron chi connectivity index (χ1n) is 14.5. The van der Waals surface area contributed by atoms with Crippen LogP contribution in [0.2, 0.25) is 0 Å². The van der Waals surface area contributed by atoms with Crippen molar-refractivity contribution in [1.82, 2.24) is 0 Å². The van der Waals surface area contributed by atoms with Crippen LogP contribution in [0.5, 0.6) is 0 Å². The van der Waals surface area contributed by atoms with Gasteiger partial charge in [-0.2, -0.15) is 5.26 Å². The van der Waals surface area contributed by atoms with Gasteiger partial charge in [-0.3, -0.25) is 9.59 Å². The van der Waals surface area contributed by atoms with Gasteiger partial charge in [0.25, 0.3) is 0 Å². The monoisotopic (exact) mass is 713 g/mol. The Hall–Kier alpha value is -3.57. The van der Waals surface area contributed by atoms with Crippen molar-refractivity contribution in [3.8, 4) is 6.07 Å². The van der Waals surface area contributed by atoms with E-state index in [-0.39, 0.29) is 18.8 Å². The Balaban J connectivity index is 1.91. The van der Waals surface area contributed by atoms with Gasteiger partial charge in [-0.15, -0.1) is 0 Å². The van der Waals surface area contributed by atoms with Gasteiger partial charge in [0.15, 0.2) is 11.2 Å². The first-order valence-corrected chi connectivity index (χ1v) is 16.1. The standard InChI is InChI=1S/C37H33Br2NO4/c1-4-44-35(42)36(22-40)31(25-15-11-23(2)12-16-25)21-37(43,28-8-6-10-30(39)20-28)33(32(36)26-17-13-24(3)14-18-26)34(41)27-7-5-9-29(38)19-27/h5-20,31-33,43H,4,21H2,1-3H3. The molecule has 5 unspecified atom stereocenters. The number of carbonyl (C=O) groups is 2. The number of esters is 1. The minimum Gasteiger partial charge on any atom is -0.465 e. The number of nitriles is 1. The molecule has 0 aliphatic heterocycles. The first-order chi connectivity index (χ1) is 21.0. The fourth-order valence-corrected chi connectivity index (χ4v) is 7.52. The van der Waals surface area contributed by atoms with E-state index < -0.39 is 34.7 Å². The minimum atomic E-state index is -1.84. The summed E-state index contributed by atoms with van der Waals surface area (Å²) < 4.78 is 7.14. The molecule has 0 aromatic heterocycles. The number of carbonyl (C=O) groups excluding carboxylic acids is 2. The van der Waals surface area contributed by atoms with E-state index in [2.05, 4.69) is 37.9 Å². The summed E-state index contributed by atoms with van der Waals surface area (Å²) in [5.74, 6) is -4.18. The average Bonchev–Trinajstić information content (AvgIpc) is 3.01. The molecule has 5 atom stereocenters. The largest absolute Gasteiger partial charge is 0.465 e. The van der Waals surface area contributed by atoms with E-state index in [1.54, 1.807) is 31.2 Å². The quantitative estimate of drug-likeness (QED) is 0.153. The molecule has 4 aromatic carbocycles. The summed E-state index contributed by atoms with van der Waals surface area (Å²) in [6.07, 6.45) is -0.0638. The van der Waals surface area contributed by atoms with Gasteiger partial charge in [-0.25, -0.2) is 0 Å². The number of rotatable bonds is 7. The molecule has 224 valence electrons. The Labute approximate surface area is 275 Å². The number of Topliss-reactive ketones (excluding diaryl/α,β-unsaturated/α-hetero) is 1. The van der Waals surface area contributed by atoms with Crippen molar-refractivity contribution in [3.63, 3.8) is 0 Å². The second kappa shape index (κ2) is 12.8. The highest BCUT2D eigenvalue weighted by Crippen LogP contribution is 2.64. The van der Waals surface area contributed by atoms with Crippen molar-refractivity contribution in [2.24, 2.45) is 11.3 Å². The molecule has 0 saturated heterocycles. The first kappa shape index (κ1) is 31.8. The Bertz CT molecular complexity index is 1730. The third-order valence-corrected chi connectivity index (χ3v) is 9.82. The third-order valence-electron chi connectivity index (χ3n) is 8.83. The van der Waals surface area contributed by atoms with E-state index in [1.165, 1.54) is 0 Å². The van der Waals surface area contributed by atoms with Crippen LogP contribution in [0.1, 0.15) is 63.4 Å². The van der Waals surface area contributed by atoms with Gasteiger partial charge in [0.1, 0.15) is 5.60 Å². The molecule has 1 aliphatic rings. The SMILES string of the molecule is CCOC(=O)C1(C#N)C(c2ccc(C)cc2)CC(O)(c2cccc(Br)c2)C(C(=O)c2cccc(Br)c2)C1c1ccc(C)cc1. The summed E-state index contributed by atoms with van der Waals surface area (Å²) >= 11 is 7.04. The lowest BCUT2D eigenvalue weighted by atomic mass is 9.47. The molecule has 0 heterocycles. The highest BCUT2D eigenvalue weighted by molar-refractivity contribution is 9.10. The summed E-state index contributed by atoms with van der Waals surface area (Å²) in [6, 6.07) is 31.9. The van der Waals surface area contributed by atoms with Gasteiger partial charge in [-0.1, -0.05) is 116 Å². The van der Waals surface area contributed by atoms with Crippen LogP contribution >= 0.6 is 31.9 Å². The van der Waals surface area contributed by atoms with Crippen molar-refractivity contribution in [2.75, 3.05) is 6.61 Å². The number of hydrogen-bond acceptors (Lipinski definition) is 5. The zero-order chi connectivity index (χ0) is 31.6. The maximum atomic E-state index is 14.9. The Morgan fingerprint density at radius 1 is 0.886 bits per heavy atom. The number of benzene rings is 4. The van der Waals surface area contributed by atoms with Crippen LogP contribution in [0.15, 0.2) is 106 Å². The predicted molar refractivity (Wildman–Crippen MR) is 177 cm³/mol. The fraction of sp³-hybridized carbons (Fsp3) is 0.270. The molecular formula is C37H33Br2NO4. The fourth-order valence-electron chi connectivity index (χ4n) is 6.72. The molecule has 0 radical (unpaired) electrons. The van der Waals surface area contributed by atoms with Gasteiger partial charge in [0, 0.05) is 26.3 Å². The molecule has 0 spiro atoms. The lowest BCUT2D eigenvalue weighted by molar-refractivity contribution is -0.164. The summed E-state index contributed by atoms with van der Waals surface area (Å²) in [5.41, 5.74) is 0.572. The van der Waals surface area contributed by atoms with Gasteiger partial charge >= 0.3 is 5.97 Å². The summed E-state index contributed by atoms with van der Waals surface area (Å²) in [6.45, 7) is 5.68. The number of halogens is 2. The second-order valence-electron chi connectivity index (χ2n) is 11.5. The number of aryl methyl sites for hydroxylation is 2. The highest BCUT2D eigenvalue weighted by Gasteiger charge is 2.67. The molecule has 1 aliphatic carbocycles. The molecule has 5 nitrogen and oxygen atoms in total. The van der Waals surface area contributed by atoms with E-state index in [0.717, 1.165) is 15.6 Å². The van der Waals surface area contributed by atoms with Crippen molar-refractivity contribution >= 4 is 43.6 Å². The third kappa shape index (κ3) is 5.67. The van der Waals surface area contributed by atoms with Crippen LogP contribution in [-0.2, 0) is 15.1 Å². The number of hydrogen-bond donors (Lipinski definition) is 1. The molecule has 7 heteroatoms. The average molecular weight is 715 g/mol. The summed E-state index contributed by atoms with van der Waals surface area (Å²) in [5, 5.41) is 24.4. The molecule has 0 amide bonds. The van der Waals surface area contributed by atoms with E-state index in [4.69, 9.17) is 4.74 Å². The Kier molecular flexibility index (Phi) is 9.27. The number of aliphatic hydroxyl groups is 1. The molecule has 1 fully saturated rings. The Morgan fingerprint density at radius 2 is 1.45 bits per heavy atom. The van der Waals surface area contributed by atoms with E-state index in [0.29, 0.717) is 26.7 Å². The van der Waals surface area contributed by atoms with Crippen LogP contribution in [0.25, 0.3) is 0 Å². The molecular weight excluding hydrogens is 682 g/mol. The number of nitrogens with zero attached hydrogens (tertiary/aromatic N) is 1. The maximum Gasteiger partial charge on any atom is 0.327 e. The lowest BCUT2D eigenvalue weighted by Crippen LogP contribution is -2.59. The van der Waals surface area contributed by atoms with Crippen LogP contribution in [0, 0.1) is 36.5 Å². The van der Waals surface area contributed by atoms with Crippen molar-refractivity contribution in [1.29, 1.82) is 5.26 Å². The van der Waals surface area contributed by atoms with Crippen molar-refractivity contribution in [3.05, 3.63) is 139 Å². The van der Waals surface area contributed by atoms with Crippen LogP contribution < -0.4 is 0 Å². The number of ketones is 1. The molecule has 0 bridgehead atoms. The van der Waals surface area contributed by atoms with E-state index >= 15 is 0 Å². The summed E-state index contributed by atoms with van der Waals surface area (Å²) in [7, 11) is 0. The van der Waals surface area contributed by atoms with Crippen LogP contribution in [0.4, 0.5) is 0 Å². The molecule has 5 rings (SSSR count). The van der Waals surface area contributed by atoms with Crippen LogP contribution in [-0.4, -0.2) is 23.5 Å². The molecule has 44 heavy (non-hydrogen) atoms. The van der Waals surface area contributed by atoms with Crippen LogP contribution in [0.3, 0.4) is 0 Å². The van der Waals surface area contributed by atoms with E-state index in [1.807, 2.05) is 86.6 Å². The molecule has 1 saturated carbocycles. The Morgan fingerprint density at radius 3 is 2.00 bits per heavy atom. The van der Waals surface area contributed by atoms with Gasteiger partial charge in [0.05, 0.1) is 18.6 Å². The van der Waals surface area contributed by atoms with Gasteiger partial charge in [0.2, 0.25) is 0 Å². The predicted octanol–water partition coefficient (Wildman–Crippen LogP) is 8.56. The lowest BCUT2D eigenvalue weighted by Gasteiger charge is -2.54. The van der Waals surface area contributed by atoms with Crippen molar-refractivity contribution in [2.45, 2.75) is 44.6 Å². The van der Waals surface area contributed by atoms with E-state index in [9.17, 15) is 20.0 Å². The zero-order valence-electron chi connectivity index (χ0n) is 24.8. The maximum absolute atomic E-state index is 14.9. The topological polar surface area (TPSA) is 87.4 Å². The second-order valence-corrected chi connectivity index (χ2v) is 13.4. The zero-order valence-corrected chi connectivity index (χ0v) is 27.9. The molecule has 4 aromatic rings.